The quantitative estimate of drug-likeness (QED) is 0.902. The maximum absolute atomic E-state index is 6.29. The summed E-state index contributed by atoms with van der Waals surface area (Å²) in [6.07, 6.45) is 1.85. The van der Waals surface area contributed by atoms with Crippen LogP contribution in [0.25, 0.3) is 0 Å². The maximum atomic E-state index is 6.29. The Bertz CT molecular complexity index is 544. The van der Waals surface area contributed by atoms with Gasteiger partial charge in [0.1, 0.15) is 0 Å². The lowest BCUT2D eigenvalue weighted by Gasteiger charge is -2.15. The van der Waals surface area contributed by atoms with E-state index in [1.165, 1.54) is 22.4 Å². The second kappa shape index (κ2) is 6.58. The third-order valence-corrected chi connectivity index (χ3v) is 3.69. The second-order valence-corrected chi connectivity index (χ2v) is 5.66. The van der Waals surface area contributed by atoms with Crippen molar-refractivity contribution >= 4 is 5.69 Å². The van der Waals surface area contributed by atoms with Gasteiger partial charge in [-0.2, -0.15) is 0 Å². The summed E-state index contributed by atoms with van der Waals surface area (Å²) < 4.78 is 0. The molecule has 106 valence electrons. The Morgan fingerprint density at radius 2 is 1.60 bits per heavy atom. The Hall–Kier alpha value is -1.80. The van der Waals surface area contributed by atoms with E-state index in [1.54, 1.807) is 0 Å². The lowest BCUT2D eigenvalue weighted by Crippen LogP contribution is -2.25. The molecule has 20 heavy (non-hydrogen) atoms. The van der Waals surface area contributed by atoms with Gasteiger partial charge in [-0.05, 0) is 48.6 Å². The SMILES string of the molecule is Cc1ccccc1CC(N)Cc1ccc(N(C)C)cc1. The van der Waals surface area contributed by atoms with E-state index in [2.05, 4.69) is 74.4 Å². The van der Waals surface area contributed by atoms with Crippen molar-refractivity contribution in [2.24, 2.45) is 5.73 Å². The Labute approximate surface area is 122 Å². The summed E-state index contributed by atoms with van der Waals surface area (Å²) in [5.41, 5.74) is 11.5. The lowest BCUT2D eigenvalue weighted by molar-refractivity contribution is 0.663. The highest BCUT2D eigenvalue weighted by Crippen LogP contribution is 2.15. The van der Waals surface area contributed by atoms with Gasteiger partial charge >= 0.3 is 0 Å². The van der Waals surface area contributed by atoms with Crippen molar-refractivity contribution in [3.8, 4) is 0 Å². The molecule has 0 amide bonds. The van der Waals surface area contributed by atoms with Crippen molar-refractivity contribution in [1.82, 2.24) is 0 Å². The zero-order valence-corrected chi connectivity index (χ0v) is 12.6. The molecule has 2 heteroatoms. The van der Waals surface area contributed by atoms with Gasteiger partial charge in [0.2, 0.25) is 0 Å². The zero-order valence-electron chi connectivity index (χ0n) is 12.6. The van der Waals surface area contributed by atoms with Crippen molar-refractivity contribution < 1.29 is 0 Å². The molecule has 0 heterocycles. The van der Waals surface area contributed by atoms with E-state index in [0.29, 0.717) is 0 Å². The van der Waals surface area contributed by atoms with Crippen LogP contribution < -0.4 is 10.6 Å². The van der Waals surface area contributed by atoms with Gasteiger partial charge < -0.3 is 10.6 Å². The summed E-state index contributed by atoms with van der Waals surface area (Å²) in [5.74, 6) is 0. The largest absolute Gasteiger partial charge is 0.378 e. The van der Waals surface area contributed by atoms with Crippen molar-refractivity contribution in [2.45, 2.75) is 25.8 Å². The summed E-state index contributed by atoms with van der Waals surface area (Å²) in [4.78, 5) is 2.11. The average molecular weight is 268 g/mol. The number of nitrogens with two attached hydrogens (primary N) is 1. The van der Waals surface area contributed by atoms with E-state index in [1.807, 2.05) is 0 Å². The third-order valence-electron chi connectivity index (χ3n) is 3.69. The van der Waals surface area contributed by atoms with Gasteiger partial charge in [-0.15, -0.1) is 0 Å². The van der Waals surface area contributed by atoms with Gasteiger partial charge in [-0.25, -0.2) is 0 Å². The molecule has 0 aliphatic carbocycles. The van der Waals surface area contributed by atoms with Crippen molar-refractivity contribution in [3.05, 3.63) is 65.2 Å². The normalized spacial score (nSPS) is 12.2. The van der Waals surface area contributed by atoms with E-state index in [4.69, 9.17) is 5.73 Å². The van der Waals surface area contributed by atoms with Gasteiger partial charge in [-0.3, -0.25) is 0 Å². The van der Waals surface area contributed by atoms with Crippen LogP contribution in [0.15, 0.2) is 48.5 Å². The van der Waals surface area contributed by atoms with E-state index in [-0.39, 0.29) is 6.04 Å². The Morgan fingerprint density at radius 3 is 2.20 bits per heavy atom. The lowest BCUT2D eigenvalue weighted by atomic mass is 9.97. The number of aryl methyl sites for hydroxylation is 1. The van der Waals surface area contributed by atoms with Gasteiger partial charge in [-0.1, -0.05) is 36.4 Å². The highest BCUT2D eigenvalue weighted by Gasteiger charge is 2.07. The number of rotatable bonds is 5. The van der Waals surface area contributed by atoms with Crippen LogP contribution in [0, 0.1) is 6.92 Å². The van der Waals surface area contributed by atoms with Gasteiger partial charge in [0.15, 0.2) is 0 Å². The third kappa shape index (κ3) is 3.84. The van der Waals surface area contributed by atoms with Crippen LogP contribution in [0.2, 0.25) is 0 Å². The van der Waals surface area contributed by atoms with Gasteiger partial charge in [0.25, 0.3) is 0 Å². The minimum atomic E-state index is 0.168. The molecule has 0 radical (unpaired) electrons. The first-order chi connectivity index (χ1) is 9.56. The van der Waals surface area contributed by atoms with Crippen LogP contribution in [-0.4, -0.2) is 20.1 Å². The standard InChI is InChI=1S/C18H24N2/c1-14-6-4-5-7-16(14)13-17(19)12-15-8-10-18(11-9-15)20(2)3/h4-11,17H,12-13,19H2,1-3H3. The number of anilines is 1. The number of nitrogens with zero attached hydrogens (tertiary/aromatic N) is 1. The summed E-state index contributed by atoms with van der Waals surface area (Å²) in [5, 5.41) is 0. The Balaban J connectivity index is 1.97. The molecule has 2 aromatic rings. The molecule has 0 fully saturated rings. The average Bonchev–Trinajstić information content (AvgIpc) is 2.42. The van der Waals surface area contributed by atoms with E-state index >= 15 is 0 Å². The highest BCUT2D eigenvalue weighted by atomic mass is 15.1. The first kappa shape index (κ1) is 14.6. The summed E-state index contributed by atoms with van der Waals surface area (Å²) >= 11 is 0. The van der Waals surface area contributed by atoms with Crippen LogP contribution >= 0.6 is 0 Å². The molecule has 2 aromatic carbocycles. The van der Waals surface area contributed by atoms with Gasteiger partial charge in [0, 0.05) is 25.8 Å². The van der Waals surface area contributed by atoms with Crippen molar-refractivity contribution in [3.63, 3.8) is 0 Å². The number of hydrogen-bond acceptors (Lipinski definition) is 2. The molecule has 0 spiro atoms. The first-order valence-corrected chi connectivity index (χ1v) is 7.12. The predicted molar refractivity (Wildman–Crippen MR) is 87.3 cm³/mol. The minimum Gasteiger partial charge on any atom is -0.378 e. The minimum absolute atomic E-state index is 0.168. The first-order valence-electron chi connectivity index (χ1n) is 7.12. The molecular formula is C18H24N2. The molecule has 1 atom stereocenters. The maximum Gasteiger partial charge on any atom is 0.0361 e. The topological polar surface area (TPSA) is 29.3 Å². The van der Waals surface area contributed by atoms with E-state index in [9.17, 15) is 0 Å². The molecule has 2 N–H and O–H groups in total. The smallest absolute Gasteiger partial charge is 0.0361 e. The molecule has 2 rings (SSSR count). The Kier molecular flexibility index (Phi) is 4.80. The number of hydrogen-bond donors (Lipinski definition) is 1. The van der Waals surface area contributed by atoms with Gasteiger partial charge in [0.05, 0.1) is 0 Å². The fourth-order valence-corrected chi connectivity index (χ4v) is 2.43. The van der Waals surface area contributed by atoms with Crippen LogP contribution in [0.4, 0.5) is 5.69 Å². The van der Waals surface area contributed by atoms with Crippen LogP contribution in [-0.2, 0) is 12.8 Å². The number of benzene rings is 2. The molecule has 0 saturated heterocycles. The van der Waals surface area contributed by atoms with Crippen LogP contribution in [0.1, 0.15) is 16.7 Å². The molecule has 0 aliphatic rings. The van der Waals surface area contributed by atoms with Crippen LogP contribution in [0.5, 0.6) is 0 Å². The molecular weight excluding hydrogens is 244 g/mol. The molecule has 2 nitrogen and oxygen atoms in total. The monoisotopic (exact) mass is 268 g/mol. The van der Waals surface area contributed by atoms with Crippen molar-refractivity contribution in [1.29, 1.82) is 0 Å². The molecule has 0 aliphatic heterocycles. The second-order valence-electron chi connectivity index (χ2n) is 5.66. The summed E-state index contributed by atoms with van der Waals surface area (Å²) in [6, 6.07) is 17.3. The molecule has 0 aromatic heterocycles. The fraction of sp³-hybridized carbons (Fsp3) is 0.333. The fourth-order valence-electron chi connectivity index (χ4n) is 2.43. The Morgan fingerprint density at radius 1 is 0.950 bits per heavy atom. The molecule has 0 saturated carbocycles. The summed E-state index contributed by atoms with van der Waals surface area (Å²) in [7, 11) is 4.11. The predicted octanol–water partition coefficient (Wildman–Crippen LogP) is 3.17. The zero-order chi connectivity index (χ0) is 14.5. The van der Waals surface area contributed by atoms with E-state index < -0.39 is 0 Å². The molecule has 1 unspecified atom stereocenters. The molecule has 0 bridgehead atoms. The highest BCUT2D eigenvalue weighted by molar-refractivity contribution is 5.46. The summed E-state index contributed by atoms with van der Waals surface area (Å²) in [6.45, 7) is 2.15. The van der Waals surface area contributed by atoms with Crippen molar-refractivity contribution in [2.75, 3.05) is 19.0 Å². The van der Waals surface area contributed by atoms with Crippen LogP contribution in [0.3, 0.4) is 0 Å². The van der Waals surface area contributed by atoms with E-state index in [0.717, 1.165) is 12.8 Å².